The van der Waals surface area contributed by atoms with Crippen molar-refractivity contribution >= 4 is 17.7 Å². The maximum Gasteiger partial charge on any atom is 0.416 e. The monoisotopic (exact) mass is 444 g/mol. The van der Waals surface area contributed by atoms with Gasteiger partial charge in [-0.3, -0.25) is 4.79 Å². The summed E-state index contributed by atoms with van der Waals surface area (Å²) >= 11 is 0. The molecule has 1 N–H and O–H groups in total. The highest BCUT2D eigenvalue weighted by Gasteiger charge is 2.47. The fourth-order valence-corrected chi connectivity index (χ4v) is 4.66. The number of rotatable bonds is 4. The molecule has 0 spiro atoms. The first-order chi connectivity index (χ1) is 15.4. The molecule has 2 saturated heterocycles. The van der Waals surface area contributed by atoms with Gasteiger partial charge in [0.15, 0.2) is 12.5 Å². The topological polar surface area (TPSA) is 88.5 Å². The maximum absolute atomic E-state index is 13.6. The second-order valence-electron chi connectivity index (χ2n) is 8.76. The summed E-state index contributed by atoms with van der Waals surface area (Å²) in [6.07, 6.45) is 2.37. The van der Waals surface area contributed by atoms with E-state index in [-0.39, 0.29) is 12.5 Å². The molecule has 8 nitrogen and oxygen atoms in total. The zero-order valence-corrected chi connectivity index (χ0v) is 18.8. The van der Waals surface area contributed by atoms with Crippen LogP contribution in [0.15, 0.2) is 24.8 Å². The van der Waals surface area contributed by atoms with Crippen molar-refractivity contribution in [2.24, 2.45) is 0 Å². The first-order valence-corrected chi connectivity index (χ1v) is 11.3. The van der Waals surface area contributed by atoms with Crippen molar-refractivity contribution in [3.05, 3.63) is 41.5 Å². The molecule has 3 heterocycles. The fourth-order valence-electron chi connectivity index (χ4n) is 4.66. The van der Waals surface area contributed by atoms with Crippen molar-refractivity contribution < 1.29 is 28.9 Å². The number of aliphatic hydroxyl groups excluding tert-OH is 1. The molecule has 3 aliphatic heterocycles. The van der Waals surface area contributed by atoms with E-state index in [2.05, 4.69) is 6.58 Å². The molecular weight excluding hydrogens is 412 g/mol. The van der Waals surface area contributed by atoms with Crippen LogP contribution >= 0.6 is 0 Å². The fraction of sp³-hybridized carbons (Fsp3) is 0.583. The van der Waals surface area contributed by atoms with Crippen LogP contribution in [0.1, 0.15) is 53.6 Å². The summed E-state index contributed by atoms with van der Waals surface area (Å²) in [6, 6.07) is 3.13. The normalized spacial score (nSPS) is 27.9. The molecule has 2 amide bonds. The molecule has 32 heavy (non-hydrogen) atoms. The van der Waals surface area contributed by atoms with Crippen molar-refractivity contribution in [2.45, 2.75) is 70.6 Å². The van der Waals surface area contributed by atoms with E-state index in [0.29, 0.717) is 43.7 Å². The van der Waals surface area contributed by atoms with Gasteiger partial charge in [-0.1, -0.05) is 12.7 Å². The third-order valence-corrected chi connectivity index (χ3v) is 6.51. The van der Waals surface area contributed by atoms with Crippen LogP contribution in [0.5, 0.6) is 0 Å². The van der Waals surface area contributed by atoms with Crippen LogP contribution in [0.3, 0.4) is 0 Å². The van der Waals surface area contributed by atoms with E-state index in [1.54, 1.807) is 4.90 Å². The Hall–Kier alpha value is -2.42. The van der Waals surface area contributed by atoms with Gasteiger partial charge in [0.1, 0.15) is 6.61 Å². The Labute approximate surface area is 188 Å². The number of piperidine rings is 1. The number of nitrogens with zero attached hydrogens (tertiary/aromatic N) is 2. The Morgan fingerprint density at radius 3 is 2.78 bits per heavy atom. The van der Waals surface area contributed by atoms with E-state index in [1.165, 1.54) is 11.0 Å². The Balaban J connectivity index is 1.83. The number of benzene rings is 1. The van der Waals surface area contributed by atoms with Crippen molar-refractivity contribution in [2.75, 3.05) is 24.7 Å². The SMILES string of the molecule is C=CCOC(=O)N1c2cc(C)c(C)cc2C(=O)N2CC[C@@H](O)C[C@H]2C1OC1CCCCO1. The van der Waals surface area contributed by atoms with Crippen LogP contribution in [-0.4, -0.2) is 66.4 Å². The lowest BCUT2D eigenvalue weighted by Crippen LogP contribution is -2.59. The standard InChI is InChI=1S/C24H32N2O6/c1-4-10-31-24(29)26-19-13-16(3)15(2)12-18(19)22(28)25-9-8-17(27)14-20(25)23(26)32-21-7-5-6-11-30-21/h4,12-13,17,20-21,23,27H,1,5-11,14H2,2-3H3/t17-,20+,21?,23?/m1/s1. The number of ether oxygens (including phenoxy) is 3. The van der Waals surface area contributed by atoms with Gasteiger partial charge in [-0.15, -0.1) is 0 Å². The summed E-state index contributed by atoms with van der Waals surface area (Å²) in [5, 5.41) is 10.4. The van der Waals surface area contributed by atoms with Gasteiger partial charge in [-0.2, -0.15) is 0 Å². The second-order valence-corrected chi connectivity index (χ2v) is 8.76. The van der Waals surface area contributed by atoms with Gasteiger partial charge in [0.2, 0.25) is 0 Å². The van der Waals surface area contributed by atoms with E-state index >= 15 is 0 Å². The van der Waals surface area contributed by atoms with Crippen LogP contribution in [0, 0.1) is 13.8 Å². The number of amides is 2. The number of hydrogen-bond acceptors (Lipinski definition) is 6. The van der Waals surface area contributed by atoms with Crippen molar-refractivity contribution in [1.82, 2.24) is 4.90 Å². The number of hydrogen-bond donors (Lipinski definition) is 1. The highest BCUT2D eigenvalue weighted by atomic mass is 16.7. The Kier molecular flexibility index (Phi) is 6.83. The quantitative estimate of drug-likeness (QED) is 0.717. The van der Waals surface area contributed by atoms with E-state index in [9.17, 15) is 14.7 Å². The van der Waals surface area contributed by atoms with Crippen LogP contribution in [0.4, 0.5) is 10.5 Å². The molecule has 2 unspecified atom stereocenters. The molecule has 2 fully saturated rings. The molecule has 0 saturated carbocycles. The van der Waals surface area contributed by atoms with Gasteiger partial charge in [0, 0.05) is 13.2 Å². The smallest absolute Gasteiger partial charge is 0.416 e. The zero-order chi connectivity index (χ0) is 22.8. The lowest BCUT2D eigenvalue weighted by Gasteiger charge is -2.43. The van der Waals surface area contributed by atoms with Crippen molar-refractivity contribution in [3.8, 4) is 0 Å². The highest BCUT2D eigenvalue weighted by molar-refractivity contribution is 6.05. The minimum atomic E-state index is -0.849. The minimum absolute atomic E-state index is 0.0348. The number of aryl methyl sites for hydroxylation is 2. The van der Waals surface area contributed by atoms with E-state index in [4.69, 9.17) is 14.2 Å². The lowest BCUT2D eigenvalue weighted by atomic mass is 9.97. The van der Waals surface area contributed by atoms with Crippen LogP contribution in [-0.2, 0) is 14.2 Å². The van der Waals surface area contributed by atoms with Crippen LogP contribution in [0.25, 0.3) is 0 Å². The number of aliphatic hydroxyl groups is 1. The summed E-state index contributed by atoms with van der Waals surface area (Å²) in [5.41, 5.74) is 2.79. The van der Waals surface area contributed by atoms with Gasteiger partial charge in [0.25, 0.3) is 5.91 Å². The maximum atomic E-state index is 13.6. The summed E-state index contributed by atoms with van der Waals surface area (Å²) in [7, 11) is 0. The summed E-state index contributed by atoms with van der Waals surface area (Å²) in [5.74, 6) is -0.169. The Morgan fingerprint density at radius 1 is 1.28 bits per heavy atom. The van der Waals surface area contributed by atoms with Gasteiger partial charge < -0.3 is 24.2 Å². The number of anilines is 1. The molecule has 3 aliphatic rings. The van der Waals surface area contributed by atoms with E-state index in [1.807, 2.05) is 26.0 Å². The largest absolute Gasteiger partial charge is 0.445 e. The van der Waals surface area contributed by atoms with E-state index < -0.39 is 30.8 Å². The molecule has 174 valence electrons. The first kappa shape index (κ1) is 22.8. The predicted octanol–water partition coefficient (Wildman–Crippen LogP) is 3.28. The van der Waals surface area contributed by atoms with Crippen molar-refractivity contribution in [1.29, 1.82) is 0 Å². The molecule has 0 aliphatic carbocycles. The molecule has 0 bridgehead atoms. The molecule has 1 aromatic carbocycles. The van der Waals surface area contributed by atoms with Gasteiger partial charge >= 0.3 is 6.09 Å². The third-order valence-electron chi connectivity index (χ3n) is 6.51. The molecular formula is C24H32N2O6. The van der Waals surface area contributed by atoms with Gasteiger partial charge in [0.05, 0.1) is 23.4 Å². The average molecular weight is 445 g/mol. The van der Waals surface area contributed by atoms with Crippen LogP contribution < -0.4 is 4.90 Å². The number of fused-ring (bicyclic) bond motifs is 2. The third kappa shape index (κ3) is 4.40. The summed E-state index contributed by atoms with van der Waals surface area (Å²) in [6.45, 7) is 8.51. The minimum Gasteiger partial charge on any atom is -0.445 e. The first-order valence-electron chi connectivity index (χ1n) is 11.3. The predicted molar refractivity (Wildman–Crippen MR) is 118 cm³/mol. The van der Waals surface area contributed by atoms with Gasteiger partial charge in [-0.05, 0) is 69.2 Å². The number of carbonyl (C=O) groups is 2. The highest BCUT2D eigenvalue weighted by Crippen LogP contribution is 2.38. The molecule has 1 aromatic rings. The molecule has 4 atom stereocenters. The Morgan fingerprint density at radius 2 is 2.06 bits per heavy atom. The summed E-state index contributed by atoms with van der Waals surface area (Å²) in [4.78, 5) is 30.1. The van der Waals surface area contributed by atoms with Crippen molar-refractivity contribution in [3.63, 3.8) is 0 Å². The molecule has 0 radical (unpaired) electrons. The second kappa shape index (κ2) is 9.60. The van der Waals surface area contributed by atoms with Gasteiger partial charge in [-0.25, -0.2) is 9.69 Å². The molecule has 4 rings (SSSR count). The zero-order valence-electron chi connectivity index (χ0n) is 18.8. The lowest BCUT2D eigenvalue weighted by molar-refractivity contribution is -0.201. The Bertz CT molecular complexity index is 881. The average Bonchev–Trinajstić information content (AvgIpc) is 2.87. The van der Waals surface area contributed by atoms with E-state index in [0.717, 1.165) is 24.0 Å². The number of carbonyl (C=O) groups excluding carboxylic acids is 2. The molecule has 8 heteroatoms. The summed E-state index contributed by atoms with van der Waals surface area (Å²) < 4.78 is 17.6. The molecule has 0 aromatic heterocycles. The van der Waals surface area contributed by atoms with Crippen LogP contribution in [0.2, 0.25) is 0 Å².